The SMILES string of the molecule is Cc1ccc(NC(=O)CSc2n[nH]c(=O)n2C[C@H]2CCCO2)c(C)c1. The van der Waals surface area contributed by atoms with Crippen molar-refractivity contribution in [2.75, 3.05) is 17.7 Å². The number of rotatable bonds is 6. The highest BCUT2D eigenvalue weighted by atomic mass is 32.2. The molecule has 2 heterocycles. The van der Waals surface area contributed by atoms with Gasteiger partial charge in [-0.15, -0.1) is 5.10 Å². The lowest BCUT2D eigenvalue weighted by molar-refractivity contribution is -0.113. The maximum absolute atomic E-state index is 12.2. The number of hydrogen-bond donors (Lipinski definition) is 2. The summed E-state index contributed by atoms with van der Waals surface area (Å²) in [7, 11) is 0. The van der Waals surface area contributed by atoms with Crippen molar-refractivity contribution in [2.24, 2.45) is 0 Å². The van der Waals surface area contributed by atoms with E-state index in [4.69, 9.17) is 4.74 Å². The number of hydrogen-bond acceptors (Lipinski definition) is 5. The number of H-pyrrole nitrogens is 1. The third-order valence-corrected chi connectivity index (χ3v) is 5.10. The molecule has 1 amide bonds. The maximum Gasteiger partial charge on any atom is 0.344 e. The van der Waals surface area contributed by atoms with Crippen LogP contribution in [0.1, 0.15) is 24.0 Å². The Balaban J connectivity index is 1.59. The number of anilines is 1. The summed E-state index contributed by atoms with van der Waals surface area (Å²) in [4.78, 5) is 24.1. The van der Waals surface area contributed by atoms with E-state index in [0.717, 1.165) is 36.3 Å². The van der Waals surface area contributed by atoms with Crippen LogP contribution in [0.15, 0.2) is 28.2 Å². The van der Waals surface area contributed by atoms with E-state index in [-0.39, 0.29) is 23.5 Å². The van der Waals surface area contributed by atoms with Gasteiger partial charge in [0.25, 0.3) is 0 Å². The summed E-state index contributed by atoms with van der Waals surface area (Å²) in [5.41, 5.74) is 2.70. The molecule has 1 saturated heterocycles. The monoisotopic (exact) mass is 362 g/mol. The van der Waals surface area contributed by atoms with Gasteiger partial charge in [0, 0.05) is 12.3 Å². The molecule has 0 saturated carbocycles. The quantitative estimate of drug-likeness (QED) is 0.768. The van der Waals surface area contributed by atoms with E-state index in [1.54, 1.807) is 4.57 Å². The molecule has 25 heavy (non-hydrogen) atoms. The predicted molar refractivity (Wildman–Crippen MR) is 97.1 cm³/mol. The van der Waals surface area contributed by atoms with Gasteiger partial charge in [-0.3, -0.25) is 9.36 Å². The van der Waals surface area contributed by atoms with Gasteiger partial charge in [0.1, 0.15) is 0 Å². The summed E-state index contributed by atoms with van der Waals surface area (Å²) in [6.07, 6.45) is 1.99. The van der Waals surface area contributed by atoms with E-state index in [1.165, 1.54) is 11.8 Å². The van der Waals surface area contributed by atoms with Crippen LogP contribution in [0.5, 0.6) is 0 Å². The van der Waals surface area contributed by atoms with Crippen LogP contribution in [-0.2, 0) is 16.1 Å². The molecule has 0 radical (unpaired) electrons. The van der Waals surface area contributed by atoms with Crippen LogP contribution in [-0.4, -0.2) is 39.1 Å². The van der Waals surface area contributed by atoms with Gasteiger partial charge in [-0.2, -0.15) is 0 Å². The van der Waals surface area contributed by atoms with E-state index < -0.39 is 0 Å². The van der Waals surface area contributed by atoms with Gasteiger partial charge in [0.05, 0.1) is 18.4 Å². The molecule has 1 aromatic carbocycles. The molecule has 2 N–H and O–H groups in total. The number of benzene rings is 1. The van der Waals surface area contributed by atoms with Crippen LogP contribution in [0.3, 0.4) is 0 Å². The summed E-state index contributed by atoms with van der Waals surface area (Å²) in [5.74, 6) is 0.0550. The van der Waals surface area contributed by atoms with Gasteiger partial charge >= 0.3 is 5.69 Å². The van der Waals surface area contributed by atoms with Gasteiger partial charge in [0.2, 0.25) is 5.91 Å². The van der Waals surface area contributed by atoms with Crippen LogP contribution < -0.4 is 11.0 Å². The Kier molecular flexibility index (Phi) is 5.60. The number of nitrogens with one attached hydrogen (secondary N) is 2. The van der Waals surface area contributed by atoms with Gasteiger partial charge in [-0.1, -0.05) is 29.5 Å². The number of amides is 1. The first-order chi connectivity index (χ1) is 12.0. The molecule has 0 spiro atoms. The molecule has 1 atom stereocenters. The zero-order valence-corrected chi connectivity index (χ0v) is 15.2. The van der Waals surface area contributed by atoms with E-state index in [1.807, 2.05) is 32.0 Å². The van der Waals surface area contributed by atoms with Crippen molar-refractivity contribution in [3.8, 4) is 0 Å². The number of aromatic nitrogens is 3. The van der Waals surface area contributed by atoms with Crippen molar-refractivity contribution in [3.63, 3.8) is 0 Å². The molecule has 1 aliphatic rings. The summed E-state index contributed by atoms with van der Waals surface area (Å²) in [6.45, 7) is 5.18. The second-order valence-electron chi connectivity index (χ2n) is 6.21. The molecule has 7 nitrogen and oxygen atoms in total. The fourth-order valence-corrected chi connectivity index (χ4v) is 3.59. The van der Waals surface area contributed by atoms with Crippen LogP contribution in [0.2, 0.25) is 0 Å². The van der Waals surface area contributed by atoms with Crippen LogP contribution in [0, 0.1) is 13.8 Å². The number of nitrogens with zero attached hydrogens (tertiary/aromatic N) is 2. The zero-order chi connectivity index (χ0) is 17.8. The average molecular weight is 362 g/mol. The highest BCUT2D eigenvalue weighted by molar-refractivity contribution is 7.99. The summed E-state index contributed by atoms with van der Waals surface area (Å²) in [5, 5.41) is 9.88. The lowest BCUT2D eigenvalue weighted by Crippen LogP contribution is -2.25. The van der Waals surface area contributed by atoms with Crippen molar-refractivity contribution in [2.45, 2.75) is 44.5 Å². The van der Waals surface area contributed by atoms with Crippen LogP contribution in [0.25, 0.3) is 0 Å². The topological polar surface area (TPSA) is 89.0 Å². The second kappa shape index (κ2) is 7.88. The molecule has 134 valence electrons. The molecular formula is C17H22N4O3S. The summed E-state index contributed by atoms with van der Waals surface area (Å²) >= 11 is 1.24. The fourth-order valence-electron chi connectivity index (χ4n) is 2.84. The lowest BCUT2D eigenvalue weighted by Gasteiger charge is -2.11. The lowest BCUT2D eigenvalue weighted by atomic mass is 10.1. The number of aromatic amines is 1. The minimum atomic E-state index is -0.271. The summed E-state index contributed by atoms with van der Waals surface area (Å²) < 4.78 is 7.12. The maximum atomic E-state index is 12.2. The van der Waals surface area contributed by atoms with E-state index in [2.05, 4.69) is 15.5 Å². The Labute approximate surface area is 150 Å². The van der Waals surface area contributed by atoms with Gasteiger partial charge < -0.3 is 10.1 Å². The first kappa shape index (κ1) is 17.8. The average Bonchev–Trinajstić information content (AvgIpc) is 3.20. The number of carbonyl (C=O) groups is 1. The molecule has 0 bridgehead atoms. The second-order valence-corrected chi connectivity index (χ2v) is 7.15. The zero-order valence-electron chi connectivity index (χ0n) is 14.4. The fraction of sp³-hybridized carbons (Fsp3) is 0.471. The molecule has 0 unspecified atom stereocenters. The van der Waals surface area contributed by atoms with E-state index >= 15 is 0 Å². The summed E-state index contributed by atoms with van der Waals surface area (Å²) in [6, 6.07) is 5.88. The largest absolute Gasteiger partial charge is 0.376 e. The predicted octanol–water partition coefficient (Wildman–Crippen LogP) is 2.10. The molecule has 1 fully saturated rings. The first-order valence-electron chi connectivity index (χ1n) is 8.29. The molecule has 1 aliphatic heterocycles. The Morgan fingerprint density at radius 2 is 2.32 bits per heavy atom. The number of thioether (sulfide) groups is 1. The highest BCUT2D eigenvalue weighted by Crippen LogP contribution is 2.20. The van der Waals surface area contributed by atoms with E-state index in [0.29, 0.717) is 11.7 Å². The molecule has 1 aromatic heterocycles. The Hall–Kier alpha value is -2.06. The molecule has 2 aromatic rings. The Morgan fingerprint density at radius 1 is 1.48 bits per heavy atom. The van der Waals surface area contributed by atoms with Gasteiger partial charge in [0.15, 0.2) is 5.16 Å². The van der Waals surface area contributed by atoms with Crippen LogP contribution >= 0.6 is 11.8 Å². The number of ether oxygens (including phenoxy) is 1. The smallest absolute Gasteiger partial charge is 0.344 e. The first-order valence-corrected chi connectivity index (χ1v) is 9.28. The third kappa shape index (κ3) is 4.52. The van der Waals surface area contributed by atoms with Crippen molar-refractivity contribution < 1.29 is 9.53 Å². The Bertz CT molecular complexity index is 808. The standard InChI is InChI=1S/C17H22N4O3S/c1-11-5-6-14(12(2)8-11)18-15(22)10-25-17-20-19-16(23)21(17)9-13-4-3-7-24-13/h5-6,8,13H,3-4,7,9-10H2,1-2H3,(H,18,22)(H,19,23)/t13-/m1/s1. The van der Waals surface area contributed by atoms with Gasteiger partial charge in [-0.25, -0.2) is 9.89 Å². The minimum absolute atomic E-state index is 0.0404. The normalized spacial score (nSPS) is 17.0. The number of aryl methyl sites for hydroxylation is 2. The molecule has 0 aliphatic carbocycles. The molecule has 3 rings (SSSR count). The third-order valence-electron chi connectivity index (χ3n) is 4.12. The number of carbonyl (C=O) groups excluding carboxylic acids is 1. The highest BCUT2D eigenvalue weighted by Gasteiger charge is 2.20. The van der Waals surface area contributed by atoms with Crippen molar-refractivity contribution in [3.05, 3.63) is 39.8 Å². The van der Waals surface area contributed by atoms with Crippen molar-refractivity contribution in [1.29, 1.82) is 0 Å². The van der Waals surface area contributed by atoms with E-state index in [9.17, 15) is 9.59 Å². The van der Waals surface area contributed by atoms with Crippen LogP contribution in [0.4, 0.5) is 5.69 Å². The Morgan fingerprint density at radius 3 is 3.04 bits per heavy atom. The van der Waals surface area contributed by atoms with Crippen molar-refractivity contribution >= 4 is 23.4 Å². The minimum Gasteiger partial charge on any atom is -0.376 e. The van der Waals surface area contributed by atoms with Crippen molar-refractivity contribution in [1.82, 2.24) is 14.8 Å². The molecular weight excluding hydrogens is 340 g/mol. The molecule has 8 heteroatoms. The van der Waals surface area contributed by atoms with Gasteiger partial charge in [-0.05, 0) is 38.3 Å².